The molecule has 0 fully saturated rings. The van der Waals surface area contributed by atoms with Gasteiger partial charge in [0.05, 0.1) is 0 Å². The van der Waals surface area contributed by atoms with Crippen molar-refractivity contribution in [3.63, 3.8) is 0 Å². The summed E-state index contributed by atoms with van der Waals surface area (Å²) in [6, 6.07) is 13.0. The van der Waals surface area contributed by atoms with Crippen molar-refractivity contribution >= 4 is 17.5 Å². The molecule has 1 aromatic carbocycles. The fourth-order valence-electron chi connectivity index (χ4n) is 2.11. The lowest BCUT2D eigenvalue weighted by molar-refractivity contribution is -0.128. The molecule has 0 aliphatic rings. The largest absolute Gasteiger partial charge is 0.352 e. The molecule has 1 N–H and O–H groups in total. The summed E-state index contributed by atoms with van der Waals surface area (Å²) in [6.45, 7) is 2.81. The van der Waals surface area contributed by atoms with Crippen LogP contribution < -0.4 is 10.2 Å². The first-order valence-electron chi connectivity index (χ1n) is 7.21. The minimum absolute atomic E-state index is 0.159. The van der Waals surface area contributed by atoms with Crippen molar-refractivity contribution in [1.82, 2.24) is 10.3 Å². The van der Waals surface area contributed by atoms with Crippen molar-refractivity contribution in [3.05, 3.63) is 60.4 Å². The number of anilines is 1. The quantitative estimate of drug-likeness (QED) is 0.831. The van der Waals surface area contributed by atoms with Crippen LogP contribution in [0, 0.1) is 0 Å². The molecule has 0 radical (unpaired) electrons. The number of aromatic nitrogens is 1. The van der Waals surface area contributed by atoms with Gasteiger partial charge < -0.3 is 10.2 Å². The number of benzene rings is 1. The Hall–Kier alpha value is -2.69. The van der Waals surface area contributed by atoms with Crippen LogP contribution in [0.25, 0.3) is 0 Å². The van der Waals surface area contributed by atoms with E-state index in [2.05, 4.69) is 10.3 Å². The molecule has 2 rings (SSSR count). The van der Waals surface area contributed by atoms with Crippen LogP contribution in [-0.4, -0.2) is 23.3 Å². The molecule has 0 saturated carbocycles. The maximum atomic E-state index is 12.3. The zero-order valence-corrected chi connectivity index (χ0v) is 12.5. The first-order valence-corrected chi connectivity index (χ1v) is 7.21. The molecule has 5 nitrogen and oxygen atoms in total. The summed E-state index contributed by atoms with van der Waals surface area (Å²) in [5.41, 5.74) is 1.75. The molecule has 0 unspecified atom stereocenters. The maximum Gasteiger partial charge on any atom is 0.236 e. The van der Waals surface area contributed by atoms with E-state index >= 15 is 0 Å². The van der Waals surface area contributed by atoms with E-state index in [1.54, 1.807) is 17.3 Å². The molecule has 2 aromatic rings. The average molecular weight is 297 g/mol. The Kier molecular flexibility index (Phi) is 5.65. The molecule has 0 spiro atoms. The second kappa shape index (κ2) is 7.93. The second-order valence-electron chi connectivity index (χ2n) is 4.78. The van der Waals surface area contributed by atoms with Crippen molar-refractivity contribution in [2.24, 2.45) is 0 Å². The van der Waals surface area contributed by atoms with Gasteiger partial charge in [-0.1, -0.05) is 18.2 Å². The Labute approximate surface area is 130 Å². The van der Waals surface area contributed by atoms with E-state index in [0.717, 1.165) is 11.3 Å². The first-order chi connectivity index (χ1) is 10.7. The lowest BCUT2D eigenvalue weighted by atomic mass is 10.2. The van der Waals surface area contributed by atoms with E-state index in [-0.39, 0.29) is 18.2 Å². The maximum absolute atomic E-state index is 12.3. The van der Waals surface area contributed by atoms with Crippen LogP contribution in [0.3, 0.4) is 0 Å². The Morgan fingerprint density at radius 2 is 1.77 bits per heavy atom. The summed E-state index contributed by atoms with van der Waals surface area (Å²) in [5.74, 6) is -0.489. The highest BCUT2D eigenvalue weighted by molar-refractivity contribution is 6.04. The standard InChI is InChI=1S/C17H19N3O2/c1-2-20(15-6-4-3-5-7-15)17(22)12-16(21)19-13-14-8-10-18-11-9-14/h3-11H,2,12-13H2,1H3,(H,19,21). The molecule has 22 heavy (non-hydrogen) atoms. The third-order valence-electron chi connectivity index (χ3n) is 3.24. The van der Waals surface area contributed by atoms with Crippen LogP contribution >= 0.6 is 0 Å². The Bertz CT molecular complexity index is 614. The first kappa shape index (κ1) is 15.7. The molecule has 1 aromatic heterocycles. The number of carbonyl (C=O) groups is 2. The number of hydrogen-bond acceptors (Lipinski definition) is 3. The molecular weight excluding hydrogens is 278 g/mol. The van der Waals surface area contributed by atoms with Gasteiger partial charge in [0.15, 0.2) is 0 Å². The summed E-state index contributed by atoms with van der Waals surface area (Å²) in [5, 5.41) is 2.75. The van der Waals surface area contributed by atoms with Crippen LogP contribution in [0.2, 0.25) is 0 Å². The van der Waals surface area contributed by atoms with Gasteiger partial charge in [0, 0.05) is 31.2 Å². The number of nitrogens with zero attached hydrogens (tertiary/aromatic N) is 2. The van der Waals surface area contributed by atoms with E-state index < -0.39 is 0 Å². The van der Waals surface area contributed by atoms with Gasteiger partial charge >= 0.3 is 0 Å². The minimum Gasteiger partial charge on any atom is -0.352 e. The predicted octanol–water partition coefficient (Wildman–Crippen LogP) is 2.14. The summed E-state index contributed by atoms with van der Waals surface area (Å²) in [4.78, 5) is 29.7. The Morgan fingerprint density at radius 1 is 1.09 bits per heavy atom. The Balaban J connectivity index is 1.89. The van der Waals surface area contributed by atoms with Crippen molar-refractivity contribution in [3.8, 4) is 0 Å². The molecule has 0 bridgehead atoms. The SMILES string of the molecule is CCN(C(=O)CC(=O)NCc1ccncc1)c1ccccc1. The van der Waals surface area contributed by atoms with Gasteiger partial charge in [-0.15, -0.1) is 0 Å². The normalized spacial score (nSPS) is 10.0. The van der Waals surface area contributed by atoms with Crippen LogP contribution in [0.4, 0.5) is 5.69 Å². The lowest BCUT2D eigenvalue weighted by Crippen LogP contribution is -2.35. The average Bonchev–Trinajstić information content (AvgIpc) is 2.55. The number of nitrogens with one attached hydrogen (secondary N) is 1. The van der Waals surface area contributed by atoms with Crippen LogP contribution in [-0.2, 0) is 16.1 Å². The molecule has 2 amide bonds. The van der Waals surface area contributed by atoms with Gasteiger partial charge in [0.1, 0.15) is 6.42 Å². The second-order valence-corrected chi connectivity index (χ2v) is 4.78. The van der Waals surface area contributed by atoms with Crippen molar-refractivity contribution in [1.29, 1.82) is 0 Å². The molecule has 0 aliphatic carbocycles. The highest BCUT2D eigenvalue weighted by atomic mass is 16.2. The third-order valence-corrected chi connectivity index (χ3v) is 3.24. The topological polar surface area (TPSA) is 62.3 Å². The molecule has 0 saturated heterocycles. The van der Waals surface area contributed by atoms with Crippen LogP contribution in [0.1, 0.15) is 18.9 Å². The minimum atomic E-state index is -0.281. The third kappa shape index (κ3) is 4.41. The number of rotatable bonds is 6. The van der Waals surface area contributed by atoms with E-state index in [0.29, 0.717) is 13.1 Å². The molecule has 114 valence electrons. The van der Waals surface area contributed by atoms with Gasteiger partial charge in [-0.2, -0.15) is 0 Å². The summed E-state index contributed by atoms with van der Waals surface area (Å²) in [7, 11) is 0. The number of hydrogen-bond donors (Lipinski definition) is 1. The van der Waals surface area contributed by atoms with E-state index in [1.807, 2.05) is 49.4 Å². The van der Waals surface area contributed by atoms with Gasteiger partial charge in [0.25, 0.3) is 0 Å². The Morgan fingerprint density at radius 3 is 2.41 bits per heavy atom. The van der Waals surface area contributed by atoms with E-state index in [1.165, 1.54) is 0 Å². The molecule has 1 heterocycles. The van der Waals surface area contributed by atoms with Crippen LogP contribution in [0.15, 0.2) is 54.9 Å². The van der Waals surface area contributed by atoms with Gasteiger partial charge in [-0.3, -0.25) is 14.6 Å². The lowest BCUT2D eigenvalue weighted by Gasteiger charge is -2.20. The fourth-order valence-corrected chi connectivity index (χ4v) is 2.11. The van der Waals surface area contributed by atoms with Crippen molar-refractivity contribution < 1.29 is 9.59 Å². The van der Waals surface area contributed by atoms with Gasteiger partial charge in [-0.25, -0.2) is 0 Å². The van der Waals surface area contributed by atoms with E-state index in [9.17, 15) is 9.59 Å². The highest BCUT2D eigenvalue weighted by Crippen LogP contribution is 2.14. The van der Waals surface area contributed by atoms with Crippen LogP contribution in [0.5, 0.6) is 0 Å². The summed E-state index contributed by atoms with van der Waals surface area (Å²) < 4.78 is 0. The molecular formula is C17H19N3O2. The fraction of sp³-hybridized carbons (Fsp3) is 0.235. The van der Waals surface area contributed by atoms with E-state index in [4.69, 9.17) is 0 Å². The monoisotopic (exact) mass is 297 g/mol. The van der Waals surface area contributed by atoms with Crippen molar-refractivity contribution in [2.75, 3.05) is 11.4 Å². The number of carbonyl (C=O) groups excluding carboxylic acids is 2. The molecule has 0 atom stereocenters. The summed E-state index contributed by atoms with van der Waals surface area (Å²) >= 11 is 0. The van der Waals surface area contributed by atoms with Gasteiger partial charge in [0.2, 0.25) is 11.8 Å². The zero-order valence-electron chi connectivity index (χ0n) is 12.5. The number of para-hydroxylation sites is 1. The van der Waals surface area contributed by atoms with Gasteiger partial charge in [-0.05, 0) is 36.8 Å². The van der Waals surface area contributed by atoms with Crippen molar-refractivity contribution in [2.45, 2.75) is 19.9 Å². The smallest absolute Gasteiger partial charge is 0.236 e. The molecule has 5 heteroatoms. The summed E-state index contributed by atoms with van der Waals surface area (Å²) in [6.07, 6.45) is 3.18. The highest BCUT2D eigenvalue weighted by Gasteiger charge is 2.17. The molecule has 0 aliphatic heterocycles. The zero-order chi connectivity index (χ0) is 15.8. The predicted molar refractivity (Wildman–Crippen MR) is 85.2 cm³/mol. The number of amides is 2. The number of pyridine rings is 1.